The first-order valence-corrected chi connectivity index (χ1v) is 6.67. The van der Waals surface area contributed by atoms with E-state index in [0.29, 0.717) is 11.3 Å². The largest absolute Gasteiger partial charge is 0.406 e. The third-order valence-electron chi connectivity index (χ3n) is 2.98. The highest BCUT2D eigenvalue weighted by Gasteiger charge is 2.32. The van der Waals surface area contributed by atoms with Gasteiger partial charge in [0.25, 0.3) is 0 Å². The molecule has 1 aromatic heterocycles. The maximum Gasteiger partial charge on any atom is 0.406 e. The monoisotopic (exact) mass is 325 g/mol. The Morgan fingerprint density at radius 3 is 2.52 bits per heavy atom. The first kappa shape index (κ1) is 16.7. The average molecular weight is 325 g/mol. The van der Waals surface area contributed by atoms with Gasteiger partial charge in [-0.05, 0) is 28.1 Å². The Kier molecular flexibility index (Phi) is 5.09. The van der Waals surface area contributed by atoms with Crippen molar-refractivity contribution in [3.8, 4) is 5.69 Å². The summed E-state index contributed by atoms with van der Waals surface area (Å²) < 4.78 is 38.9. The first-order valence-electron chi connectivity index (χ1n) is 6.67. The lowest BCUT2D eigenvalue weighted by Crippen LogP contribution is -2.39. The molecule has 0 radical (unpaired) electrons. The van der Waals surface area contributed by atoms with Gasteiger partial charge in [-0.3, -0.25) is 4.79 Å². The number of hydrogen-bond donors (Lipinski definition) is 0. The quantitative estimate of drug-likeness (QED) is 0.760. The third kappa shape index (κ3) is 4.90. The van der Waals surface area contributed by atoms with Crippen molar-refractivity contribution in [3.05, 3.63) is 48.8 Å². The summed E-state index contributed by atoms with van der Waals surface area (Å²) in [5.41, 5.74) is 1.28. The number of aromatic nitrogens is 4. The van der Waals surface area contributed by atoms with E-state index < -0.39 is 18.6 Å². The standard InChI is InChI=1S/C14H14F3N5O/c1-2-7-21(9-14(15,16)17)13(23)8-11-3-5-12(6-4-11)22-10-18-19-20-22/h2-6,10H,1,7-9H2. The van der Waals surface area contributed by atoms with E-state index in [2.05, 4.69) is 22.1 Å². The van der Waals surface area contributed by atoms with Gasteiger partial charge < -0.3 is 4.90 Å². The minimum absolute atomic E-state index is 0.125. The molecule has 0 unspecified atom stereocenters. The van der Waals surface area contributed by atoms with Gasteiger partial charge in [0.05, 0.1) is 12.1 Å². The summed E-state index contributed by atoms with van der Waals surface area (Å²) in [7, 11) is 0. The fourth-order valence-electron chi connectivity index (χ4n) is 1.96. The molecule has 0 bridgehead atoms. The van der Waals surface area contributed by atoms with Gasteiger partial charge in [-0.1, -0.05) is 18.2 Å². The minimum Gasteiger partial charge on any atom is -0.330 e. The minimum atomic E-state index is -4.44. The second-order valence-electron chi connectivity index (χ2n) is 4.78. The van der Waals surface area contributed by atoms with E-state index in [1.54, 1.807) is 24.3 Å². The van der Waals surface area contributed by atoms with Crippen LogP contribution in [0.4, 0.5) is 13.2 Å². The molecule has 0 aliphatic heterocycles. The van der Waals surface area contributed by atoms with Crippen molar-refractivity contribution in [2.24, 2.45) is 0 Å². The van der Waals surface area contributed by atoms with Crippen LogP contribution in [0.5, 0.6) is 0 Å². The van der Waals surface area contributed by atoms with Crippen LogP contribution in [0.3, 0.4) is 0 Å². The molecule has 1 amide bonds. The SMILES string of the molecule is C=CCN(CC(F)(F)F)C(=O)Cc1ccc(-n2cnnn2)cc1. The highest BCUT2D eigenvalue weighted by molar-refractivity contribution is 5.79. The van der Waals surface area contributed by atoms with E-state index in [4.69, 9.17) is 0 Å². The van der Waals surface area contributed by atoms with Crippen molar-refractivity contribution < 1.29 is 18.0 Å². The Bertz CT molecular complexity index is 652. The predicted molar refractivity (Wildman–Crippen MR) is 75.7 cm³/mol. The van der Waals surface area contributed by atoms with Gasteiger partial charge in [-0.25, -0.2) is 4.68 Å². The summed E-state index contributed by atoms with van der Waals surface area (Å²) in [6.45, 7) is 1.93. The maximum atomic E-state index is 12.5. The van der Waals surface area contributed by atoms with Crippen molar-refractivity contribution in [2.45, 2.75) is 12.6 Å². The zero-order chi connectivity index (χ0) is 16.9. The fraction of sp³-hybridized carbons (Fsp3) is 0.286. The van der Waals surface area contributed by atoms with Crippen LogP contribution in [0.1, 0.15) is 5.56 Å². The second-order valence-corrected chi connectivity index (χ2v) is 4.78. The molecule has 0 aliphatic carbocycles. The molecule has 0 spiro atoms. The number of carbonyl (C=O) groups excluding carboxylic acids is 1. The molecule has 1 heterocycles. The van der Waals surface area contributed by atoms with Crippen LogP contribution in [0.15, 0.2) is 43.2 Å². The fourth-order valence-corrected chi connectivity index (χ4v) is 1.96. The van der Waals surface area contributed by atoms with Crippen molar-refractivity contribution in [2.75, 3.05) is 13.1 Å². The van der Waals surface area contributed by atoms with Crippen LogP contribution in [0.25, 0.3) is 5.69 Å². The molecule has 1 aromatic carbocycles. The van der Waals surface area contributed by atoms with E-state index in [0.717, 1.165) is 4.90 Å². The van der Waals surface area contributed by atoms with Crippen LogP contribution < -0.4 is 0 Å². The molecule has 0 saturated heterocycles. The van der Waals surface area contributed by atoms with E-state index in [-0.39, 0.29) is 13.0 Å². The highest BCUT2D eigenvalue weighted by atomic mass is 19.4. The van der Waals surface area contributed by atoms with Gasteiger partial charge in [-0.2, -0.15) is 13.2 Å². The topological polar surface area (TPSA) is 63.9 Å². The number of hydrogen-bond acceptors (Lipinski definition) is 4. The van der Waals surface area contributed by atoms with Gasteiger partial charge in [0.1, 0.15) is 12.9 Å². The van der Waals surface area contributed by atoms with E-state index in [1.807, 2.05) is 0 Å². The summed E-state index contributed by atoms with van der Waals surface area (Å²) >= 11 is 0. The molecule has 0 fully saturated rings. The summed E-state index contributed by atoms with van der Waals surface area (Å²) in [4.78, 5) is 12.8. The van der Waals surface area contributed by atoms with Crippen LogP contribution in [-0.4, -0.2) is 50.3 Å². The van der Waals surface area contributed by atoms with Gasteiger partial charge >= 0.3 is 6.18 Å². The van der Waals surface area contributed by atoms with Gasteiger partial charge in [0.15, 0.2) is 0 Å². The molecular weight excluding hydrogens is 311 g/mol. The normalized spacial score (nSPS) is 11.3. The molecule has 2 rings (SSSR count). The number of carbonyl (C=O) groups is 1. The van der Waals surface area contributed by atoms with Crippen molar-refractivity contribution >= 4 is 5.91 Å². The van der Waals surface area contributed by atoms with Gasteiger partial charge in [0, 0.05) is 6.54 Å². The van der Waals surface area contributed by atoms with E-state index in [1.165, 1.54) is 17.1 Å². The van der Waals surface area contributed by atoms with Crippen LogP contribution in [-0.2, 0) is 11.2 Å². The molecule has 0 N–H and O–H groups in total. The van der Waals surface area contributed by atoms with Crippen molar-refractivity contribution in [1.82, 2.24) is 25.1 Å². The van der Waals surface area contributed by atoms with Crippen molar-refractivity contribution in [3.63, 3.8) is 0 Å². The number of amides is 1. The molecule has 0 atom stereocenters. The Morgan fingerprint density at radius 2 is 2.00 bits per heavy atom. The summed E-state index contributed by atoms with van der Waals surface area (Å²) in [5.74, 6) is -0.614. The summed E-state index contributed by atoms with van der Waals surface area (Å²) in [5, 5.41) is 10.7. The lowest BCUT2D eigenvalue weighted by Gasteiger charge is -2.22. The summed E-state index contributed by atoms with van der Waals surface area (Å²) in [6.07, 6.45) is -1.89. The number of halogens is 3. The Morgan fingerprint density at radius 1 is 1.30 bits per heavy atom. The van der Waals surface area contributed by atoms with Crippen LogP contribution in [0.2, 0.25) is 0 Å². The average Bonchev–Trinajstić information content (AvgIpc) is 3.00. The second kappa shape index (κ2) is 7.03. The molecule has 23 heavy (non-hydrogen) atoms. The zero-order valence-electron chi connectivity index (χ0n) is 12.1. The van der Waals surface area contributed by atoms with Crippen LogP contribution >= 0.6 is 0 Å². The lowest BCUT2D eigenvalue weighted by atomic mass is 10.1. The molecule has 6 nitrogen and oxygen atoms in total. The number of benzene rings is 1. The Balaban J connectivity index is 2.04. The molecule has 0 saturated carbocycles. The number of rotatable bonds is 6. The van der Waals surface area contributed by atoms with Gasteiger partial charge in [-0.15, -0.1) is 11.7 Å². The number of tetrazole rings is 1. The lowest BCUT2D eigenvalue weighted by molar-refractivity contribution is -0.159. The van der Waals surface area contributed by atoms with E-state index in [9.17, 15) is 18.0 Å². The smallest absolute Gasteiger partial charge is 0.330 e. The molecular formula is C14H14F3N5O. The number of nitrogens with zero attached hydrogens (tertiary/aromatic N) is 5. The Labute approximate surface area is 130 Å². The van der Waals surface area contributed by atoms with Gasteiger partial charge in [0.2, 0.25) is 5.91 Å². The van der Waals surface area contributed by atoms with Crippen molar-refractivity contribution in [1.29, 1.82) is 0 Å². The van der Waals surface area contributed by atoms with Crippen LogP contribution in [0, 0.1) is 0 Å². The molecule has 0 aliphatic rings. The molecule has 122 valence electrons. The highest BCUT2D eigenvalue weighted by Crippen LogP contribution is 2.17. The first-order chi connectivity index (χ1) is 10.9. The Hall–Kier alpha value is -2.71. The van der Waals surface area contributed by atoms with E-state index >= 15 is 0 Å². The molecule has 9 heteroatoms. The summed E-state index contributed by atoms with van der Waals surface area (Å²) in [6, 6.07) is 6.66. The zero-order valence-corrected chi connectivity index (χ0v) is 12.1. The number of alkyl halides is 3. The molecule has 2 aromatic rings. The third-order valence-corrected chi connectivity index (χ3v) is 2.98. The maximum absolute atomic E-state index is 12.5. The predicted octanol–water partition coefficient (Wildman–Crippen LogP) is 1.78.